The number of hydrogen-bond acceptors (Lipinski definition) is 3. The van der Waals surface area contributed by atoms with Crippen LogP contribution in [0.5, 0.6) is 0 Å². The first-order valence-electron chi connectivity index (χ1n) is 6.49. The third-order valence-electron chi connectivity index (χ3n) is 3.05. The molecule has 0 saturated heterocycles. The highest BCUT2D eigenvalue weighted by atomic mass is 35.5. The Labute approximate surface area is 122 Å². The molecule has 1 aromatic carbocycles. The minimum Gasteiger partial charge on any atom is -0.464 e. The Morgan fingerprint density at radius 1 is 1.11 bits per heavy atom. The van der Waals surface area contributed by atoms with E-state index in [9.17, 15) is 0 Å². The predicted octanol–water partition coefficient (Wildman–Crippen LogP) is 4.48. The molecule has 0 atom stereocenters. The van der Waals surface area contributed by atoms with Crippen molar-refractivity contribution in [1.82, 2.24) is 5.32 Å². The second-order valence-electron chi connectivity index (χ2n) is 4.77. The molecule has 2 aromatic rings. The fourth-order valence-electron chi connectivity index (χ4n) is 1.81. The van der Waals surface area contributed by atoms with Crippen LogP contribution in [0.3, 0.4) is 0 Å². The monoisotopic (exact) mass is 293 g/mol. The average molecular weight is 294 g/mol. The number of hydrogen-bond donors (Lipinski definition) is 1. The largest absolute Gasteiger partial charge is 0.464 e. The Hall–Kier alpha value is -0.900. The SMILES string of the molecule is Clc1ccc(SCc2ccc(CNC3CC3)o2)cc1. The number of thioether (sulfide) groups is 1. The maximum atomic E-state index is 5.86. The first kappa shape index (κ1) is 13.1. The van der Waals surface area contributed by atoms with Gasteiger partial charge in [-0.15, -0.1) is 11.8 Å². The third kappa shape index (κ3) is 4.03. The summed E-state index contributed by atoms with van der Waals surface area (Å²) in [4.78, 5) is 1.21. The Morgan fingerprint density at radius 3 is 2.58 bits per heavy atom. The number of benzene rings is 1. The van der Waals surface area contributed by atoms with Gasteiger partial charge in [0.05, 0.1) is 12.3 Å². The van der Waals surface area contributed by atoms with Gasteiger partial charge < -0.3 is 9.73 Å². The van der Waals surface area contributed by atoms with Gasteiger partial charge in [-0.1, -0.05) is 11.6 Å². The Bertz CT molecular complexity index is 533. The molecule has 1 aromatic heterocycles. The lowest BCUT2D eigenvalue weighted by Gasteiger charge is -2.00. The molecule has 19 heavy (non-hydrogen) atoms. The van der Waals surface area contributed by atoms with Gasteiger partial charge in [0.1, 0.15) is 11.5 Å². The van der Waals surface area contributed by atoms with Crippen molar-refractivity contribution < 1.29 is 4.42 Å². The molecule has 0 amide bonds. The summed E-state index contributed by atoms with van der Waals surface area (Å²) in [7, 11) is 0. The van der Waals surface area contributed by atoms with Crippen LogP contribution in [-0.2, 0) is 12.3 Å². The second kappa shape index (κ2) is 6.04. The van der Waals surface area contributed by atoms with Crippen molar-refractivity contribution in [2.45, 2.75) is 36.1 Å². The van der Waals surface area contributed by atoms with Gasteiger partial charge in [-0.2, -0.15) is 0 Å². The van der Waals surface area contributed by atoms with Crippen molar-refractivity contribution in [3.8, 4) is 0 Å². The molecule has 2 nitrogen and oxygen atoms in total. The average Bonchev–Trinajstić information content (AvgIpc) is 3.15. The molecule has 0 spiro atoms. The van der Waals surface area contributed by atoms with Crippen LogP contribution in [0.2, 0.25) is 5.02 Å². The Kier molecular flexibility index (Phi) is 4.16. The van der Waals surface area contributed by atoms with Crippen molar-refractivity contribution in [2.24, 2.45) is 0 Å². The lowest BCUT2D eigenvalue weighted by Crippen LogP contribution is -2.14. The molecule has 1 N–H and O–H groups in total. The molecule has 0 unspecified atom stereocenters. The number of rotatable bonds is 6. The van der Waals surface area contributed by atoms with Crippen molar-refractivity contribution in [1.29, 1.82) is 0 Å². The molecule has 0 bridgehead atoms. The molecular formula is C15H16ClNOS. The summed E-state index contributed by atoms with van der Waals surface area (Å²) in [6.07, 6.45) is 2.61. The maximum absolute atomic E-state index is 5.86. The zero-order valence-electron chi connectivity index (χ0n) is 10.6. The zero-order valence-corrected chi connectivity index (χ0v) is 12.1. The van der Waals surface area contributed by atoms with Gasteiger partial charge in [0, 0.05) is 16.0 Å². The Morgan fingerprint density at radius 2 is 1.84 bits per heavy atom. The molecular weight excluding hydrogens is 278 g/mol. The smallest absolute Gasteiger partial charge is 0.118 e. The van der Waals surface area contributed by atoms with Crippen LogP contribution in [0, 0.1) is 0 Å². The van der Waals surface area contributed by atoms with Crippen molar-refractivity contribution in [3.05, 3.63) is 52.9 Å². The van der Waals surface area contributed by atoms with Gasteiger partial charge in [-0.05, 0) is 49.2 Å². The van der Waals surface area contributed by atoms with Gasteiger partial charge in [0.25, 0.3) is 0 Å². The third-order valence-corrected chi connectivity index (χ3v) is 4.34. The highest BCUT2D eigenvalue weighted by Crippen LogP contribution is 2.25. The highest BCUT2D eigenvalue weighted by molar-refractivity contribution is 7.98. The minimum atomic E-state index is 0.719. The molecule has 3 rings (SSSR count). The van der Waals surface area contributed by atoms with Crippen LogP contribution < -0.4 is 5.32 Å². The van der Waals surface area contributed by atoms with Crippen molar-refractivity contribution in [2.75, 3.05) is 0 Å². The topological polar surface area (TPSA) is 25.2 Å². The van der Waals surface area contributed by atoms with Gasteiger partial charge in [-0.25, -0.2) is 0 Å². The summed E-state index contributed by atoms with van der Waals surface area (Å²) >= 11 is 7.62. The first-order chi connectivity index (χ1) is 9.29. The van der Waals surface area contributed by atoms with Gasteiger partial charge >= 0.3 is 0 Å². The molecule has 1 aliphatic carbocycles. The van der Waals surface area contributed by atoms with E-state index in [4.69, 9.17) is 16.0 Å². The lowest BCUT2D eigenvalue weighted by atomic mass is 10.4. The van der Waals surface area contributed by atoms with E-state index in [1.165, 1.54) is 17.7 Å². The van der Waals surface area contributed by atoms with E-state index >= 15 is 0 Å². The normalized spacial score (nSPS) is 14.8. The van der Waals surface area contributed by atoms with Crippen LogP contribution in [-0.4, -0.2) is 6.04 Å². The van der Waals surface area contributed by atoms with E-state index in [2.05, 4.69) is 17.4 Å². The maximum Gasteiger partial charge on any atom is 0.118 e. The van der Waals surface area contributed by atoms with E-state index in [-0.39, 0.29) is 0 Å². The minimum absolute atomic E-state index is 0.719. The molecule has 0 aliphatic heterocycles. The summed E-state index contributed by atoms with van der Waals surface area (Å²) in [5, 5.41) is 4.22. The quantitative estimate of drug-likeness (QED) is 0.795. The summed E-state index contributed by atoms with van der Waals surface area (Å²) in [6, 6.07) is 12.7. The second-order valence-corrected chi connectivity index (χ2v) is 6.25. The standard InChI is InChI=1S/C15H16ClNOS/c16-11-1-7-15(8-2-11)19-10-14-6-5-13(18-14)9-17-12-3-4-12/h1-2,5-8,12,17H,3-4,9-10H2. The van der Waals surface area contributed by atoms with E-state index in [1.807, 2.05) is 24.3 Å². The molecule has 1 aliphatic rings. The van der Waals surface area contributed by atoms with Crippen LogP contribution in [0.15, 0.2) is 45.7 Å². The molecule has 1 heterocycles. The Balaban J connectivity index is 1.50. The first-order valence-corrected chi connectivity index (χ1v) is 7.85. The van der Waals surface area contributed by atoms with Gasteiger partial charge in [0.2, 0.25) is 0 Å². The number of halogens is 1. The molecule has 0 radical (unpaired) electrons. The summed E-state index contributed by atoms with van der Waals surface area (Å²) in [5.74, 6) is 2.90. The van der Waals surface area contributed by atoms with Gasteiger partial charge in [-0.3, -0.25) is 0 Å². The summed E-state index contributed by atoms with van der Waals surface area (Å²) in [6.45, 7) is 0.844. The molecule has 1 fully saturated rings. The summed E-state index contributed by atoms with van der Waals surface area (Å²) < 4.78 is 5.80. The van der Waals surface area contributed by atoms with E-state index in [0.717, 1.165) is 34.9 Å². The fraction of sp³-hybridized carbons (Fsp3) is 0.333. The van der Waals surface area contributed by atoms with Crippen LogP contribution in [0.25, 0.3) is 0 Å². The van der Waals surface area contributed by atoms with Crippen molar-refractivity contribution >= 4 is 23.4 Å². The zero-order chi connectivity index (χ0) is 13.1. The fourth-order valence-corrected chi connectivity index (χ4v) is 2.73. The molecule has 1 saturated carbocycles. The van der Waals surface area contributed by atoms with E-state index in [1.54, 1.807) is 11.8 Å². The number of nitrogens with one attached hydrogen (secondary N) is 1. The van der Waals surface area contributed by atoms with Crippen LogP contribution in [0.1, 0.15) is 24.4 Å². The van der Waals surface area contributed by atoms with Crippen LogP contribution >= 0.6 is 23.4 Å². The lowest BCUT2D eigenvalue weighted by molar-refractivity contribution is 0.458. The van der Waals surface area contributed by atoms with E-state index < -0.39 is 0 Å². The van der Waals surface area contributed by atoms with Crippen LogP contribution in [0.4, 0.5) is 0 Å². The van der Waals surface area contributed by atoms with Crippen molar-refractivity contribution in [3.63, 3.8) is 0 Å². The van der Waals surface area contributed by atoms with Gasteiger partial charge in [0.15, 0.2) is 0 Å². The number of furan rings is 1. The van der Waals surface area contributed by atoms with E-state index in [0.29, 0.717) is 0 Å². The summed E-state index contributed by atoms with van der Waals surface area (Å²) in [5.41, 5.74) is 0. The predicted molar refractivity (Wildman–Crippen MR) is 79.6 cm³/mol. The molecule has 4 heteroatoms. The molecule has 100 valence electrons. The highest BCUT2D eigenvalue weighted by Gasteiger charge is 2.20.